The van der Waals surface area contributed by atoms with Crippen molar-refractivity contribution in [3.05, 3.63) is 0 Å². The van der Waals surface area contributed by atoms with Gasteiger partial charge in [-0.25, -0.2) is 4.79 Å². The average molecular weight is 124 g/mol. The number of nitrogens with two attached hydrogens (primary N) is 2. The quantitative estimate of drug-likeness (QED) is 0.311. The van der Waals surface area contributed by atoms with Crippen LogP contribution >= 0.6 is 0 Å². The van der Waals surface area contributed by atoms with E-state index in [0.717, 1.165) is 0 Å². The van der Waals surface area contributed by atoms with Gasteiger partial charge >= 0.3 is 54.4 Å². The Kier molecular flexibility index (Phi) is 116. The van der Waals surface area contributed by atoms with Gasteiger partial charge in [0.2, 0.25) is 0 Å². The molecule has 0 atom stereocenters. The van der Waals surface area contributed by atoms with E-state index in [1.807, 2.05) is 0 Å². The van der Waals surface area contributed by atoms with E-state index in [1.54, 1.807) is 0 Å². The van der Waals surface area contributed by atoms with Crippen molar-refractivity contribution in [1.29, 1.82) is 0 Å². The van der Waals surface area contributed by atoms with E-state index < -0.39 is 6.03 Å². The molecule has 0 spiro atoms. The molecule has 0 saturated heterocycles. The molecule has 2 amide bonds. The number of hydrogen-bond acceptors (Lipinski definition) is 3. The van der Waals surface area contributed by atoms with Crippen molar-refractivity contribution >= 4 is 6.03 Å². The number of hydrogen-bond donors (Lipinski definition) is 2. The van der Waals surface area contributed by atoms with Crippen LogP contribution < -0.4 is 59.9 Å². The third kappa shape index (κ3) is 367. The molecule has 40 valence electrons. The molecular formula is CH6LiN2NaO3. The van der Waals surface area contributed by atoms with Gasteiger partial charge in [-0.15, -0.1) is 0 Å². The van der Waals surface area contributed by atoms with E-state index in [2.05, 4.69) is 11.5 Å². The summed E-state index contributed by atoms with van der Waals surface area (Å²) in [5, 5.41) is 0. The summed E-state index contributed by atoms with van der Waals surface area (Å²) in [7, 11) is 0. The smallest absolute Gasteiger partial charge is 0.870 e. The van der Waals surface area contributed by atoms with Crippen LogP contribution in [0.5, 0.6) is 0 Å². The molecule has 0 rings (SSSR count). The van der Waals surface area contributed by atoms with Crippen LogP contribution in [0, 0.1) is 0 Å². The number of primary amides is 2. The summed E-state index contributed by atoms with van der Waals surface area (Å²) < 4.78 is 0. The SMILES string of the molecule is NC(N)=O.[Li+].[Na+].[OH-].[OH-]. The fourth-order valence-electron chi connectivity index (χ4n) is 0. The topological polar surface area (TPSA) is 129 Å². The minimum absolute atomic E-state index is 0. The fraction of sp³-hybridized carbons (Fsp3) is 0. The van der Waals surface area contributed by atoms with Crippen molar-refractivity contribution in [1.82, 2.24) is 0 Å². The second-order valence-electron chi connectivity index (χ2n) is 0.402. The van der Waals surface area contributed by atoms with Crippen LogP contribution in [0.2, 0.25) is 0 Å². The molecule has 0 bridgehead atoms. The zero-order chi connectivity index (χ0) is 3.58. The van der Waals surface area contributed by atoms with Crippen LogP contribution in [-0.2, 0) is 0 Å². The van der Waals surface area contributed by atoms with Crippen LogP contribution in [0.3, 0.4) is 0 Å². The zero-order valence-electron chi connectivity index (χ0n) is 4.96. The minimum atomic E-state index is -0.833. The second-order valence-corrected chi connectivity index (χ2v) is 0.402. The largest absolute Gasteiger partial charge is 1.00 e. The van der Waals surface area contributed by atoms with Crippen LogP contribution in [-0.4, -0.2) is 17.0 Å². The molecule has 0 heterocycles. The Labute approximate surface area is 81.3 Å². The molecule has 0 aromatic rings. The Morgan fingerprint density at radius 2 is 1.12 bits per heavy atom. The molecule has 0 aliphatic rings. The molecule has 6 N–H and O–H groups in total. The fourth-order valence-corrected chi connectivity index (χ4v) is 0. The molecule has 0 aromatic carbocycles. The predicted molar refractivity (Wildman–Crippen MR) is 17.6 cm³/mol. The summed E-state index contributed by atoms with van der Waals surface area (Å²) in [5.41, 5.74) is 8.50. The van der Waals surface area contributed by atoms with Gasteiger partial charge in [0.05, 0.1) is 0 Å². The van der Waals surface area contributed by atoms with Gasteiger partial charge in [-0.1, -0.05) is 0 Å². The van der Waals surface area contributed by atoms with E-state index in [0.29, 0.717) is 0 Å². The molecule has 0 radical (unpaired) electrons. The summed E-state index contributed by atoms with van der Waals surface area (Å²) in [6.07, 6.45) is 0. The van der Waals surface area contributed by atoms with Gasteiger partial charge in [0.15, 0.2) is 0 Å². The summed E-state index contributed by atoms with van der Waals surface area (Å²) >= 11 is 0. The van der Waals surface area contributed by atoms with E-state index in [4.69, 9.17) is 4.79 Å². The molecule has 0 aromatic heterocycles. The van der Waals surface area contributed by atoms with Crippen molar-refractivity contribution in [2.75, 3.05) is 0 Å². The van der Waals surface area contributed by atoms with Crippen LogP contribution in [0.15, 0.2) is 0 Å². The van der Waals surface area contributed by atoms with Crippen molar-refractivity contribution in [2.45, 2.75) is 0 Å². The van der Waals surface area contributed by atoms with E-state index in [1.165, 1.54) is 0 Å². The Balaban J connectivity index is -0.00000000750. The first-order chi connectivity index (χ1) is 1.73. The number of urea groups is 1. The van der Waals surface area contributed by atoms with Gasteiger partial charge in [0, 0.05) is 0 Å². The Morgan fingerprint density at radius 1 is 1.12 bits per heavy atom. The molecule has 0 aliphatic carbocycles. The summed E-state index contributed by atoms with van der Waals surface area (Å²) in [6.45, 7) is 0. The van der Waals surface area contributed by atoms with E-state index >= 15 is 0 Å². The minimum Gasteiger partial charge on any atom is -0.870 e. The van der Waals surface area contributed by atoms with Crippen molar-refractivity contribution < 1.29 is 64.2 Å². The number of carbonyl (C=O) groups is 1. The summed E-state index contributed by atoms with van der Waals surface area (Å²) in [5.74, 6) is 0. The third-order valence-corrected chi connectivity index (χ3v) is 0. The van der Waals surface area contributed by atoms with Crippen LogP contribution in [0.4, 0.5) is 4.79 Å². The number of rotatable bonds is 0. The Morgan fingerprint density at radius 3 is 1.12 bits per heavy atom. The van der Waals surface area contributed by atoms with Crippen molar-refractivity contribution in [2.24, 2.45) is 11.5 Å². The predicted octanol–water partition coefficient (Wildman–Crippen LogP) is -7.32. The first-order valence-corrected chi connectivity index (χ1v) is 0.781. The van der Waals surface area contributed by atoms with Crippen LogP contribution in [0.25, 0.3) is 0 Å². The molecule has 0 fully saturated rings. The van der Waals surface area contributed by atoms with Gasteiger partial charge in [0.1, 0.15) is 0 Å². The van der Waals surface area contributed by atoms with Crippen molar-refractivity contribution in [3.63, 3.8) is 0 Å². The van der Waals surface area contributed by atoms with Gasteiger partial charge in [-0.2, -0.15) is 0 Å². The zero-order valence-corrected chi connectivity index (χ0v) is 6.96. The molecule has 5 nitrogen and oxygen atoms in total. The first-order valence-electron chi connectivity index (χ1n) is 0.781. The molecule has 0 aliphatic heterocycles. The van der Waals surface area contributed by atoms with E-state index in [9.17, 15) is 0 Å². The summed E-state index contributed by atoms with van der Waals surface area (Å²) in [6, 6.07) is -0.833. The third-order valence-electron chi connectivity index (χ3n) is 0. The molecule has 8 heavy (non-hydrogen) atoms. The normalized spacial score (nSPS) is 3.00. The van der Waals surface area contributed by atoms with Crippen LogP contribution in [0.1, 0.15) is 0 Å². The Hall–Kier alpha value is 0.787. The average Bonchev–Trinajstić information content (AvgIpc) is 0.811. The maximum Gasteiger partial charge on any atom is 1.00 e. The first kappa shape index (κ1) is 37.2. The number of carbonyl (C=O) groups excluding carboxylic acids is 1. The van der Waals surface area contributed by atoms with Gasteiger partial charge < -0.3 is 22.4 Å². The number of amides is 2. The van der Waals surface area contributed by atoms with Gasteiger partial charge in [0.25, 0.3) is 0 Å². The Bertz CT molecular complexity index is 40.3. The summed E-state index contributed by atoms with van der Waals surface area (Å²) in [4.78, 5) is 9.00. The maximum absolute atomic E-state index is 9.00. The molecule has 0 unspecified atom stereocenters. The standard InChI is InChI=1S/CH4N2O.Li.Na.2H2O/c2-1(3)4;;;;/h(H4,2,3,4);;;2*1H2/q;2*+1;;/p-2. The monoisotopic (exact) mass is 124 g/mol. The molecule has 0 saturated carbocycles. The van der Waals surface area contributed by atoms with E-state index in [-0.39, 0.29) is 59.4 Å². The second kappa shape index (κ2) is 25.0. The maximum atomic E-state index is 9.00. The van der Waals surface area contributed by atoms with Crippen molar-refractivity contribution in [3.8, 4) is 0 Å². The molecule has 7 heteroatoms. The molecular weight excluding hydrogens is 118 g/mol. The van der Waals surface area contributed by atoms with Gasteiger partial charge in [-0.3, -0.25) is 0 Å². The van der Waals surface area contributed by atoms with Gasteiger partial charge in [-0.05, 0) is 0 Å².